The molecule has 0 spiro atoms. The van der Waals surface area contributed by atoms with E-state index in [4.69, 9.17) is 17.0 Å². The number of para-hydroxylation sites is 1. The zero-order chi connectivity index (χ0) is 11.1. The summed E-state index contributed by atoms with van der Waals surface area (Å²) in [5.74, 6) is 0.776. The van der Waals surface area contributed by atoms with Crippen molar-refractivity contribution in [2.45, 2.75) is 0 Å². The molecule has 0 saturated heterocycles. The van der Waals surface area contributed by atoms with E-state index in [-0.39, 0.29) is 0 Å². The highest BCUT2D eigenvalue weighted by Gasteiger charge is 1.96. The van der Waals surface area contributed by atoms with Crippen LogP contribution in [0, 0.1) is 0 Å². The van der Waals surface area contributed by atoms with Gasteiger partial charge in [-0.15, -0.1) is 0 Å². The van der Waals surface area contributed by atoms with Gasteiger partial charge in [-0.2, -0.15) is 5.10 Å². The molecule has 0 aliphatic carbocycles. The summed E-state index contributed by atoms with van der Waals surface area (Å²) in [4.78, 5) is 0. The normalized spacial score (nSPS) is 10.0. The molecule has 0 fully saturated rings. The topological polar surface area (TPSA) is 45.7 Å². The fourth-order valence-corrected chi connectivity index (χ4v) is 1.04. The number of methoxy groups -OCH3 is 1. The van der Waals surface area contributed by atoms with Gasteiger partial charge in [0, 0.05) is 12.6 Å². The largest absolute Gasteiger partial charge is 0.496 e. The Kier molecular flexibility index (Phi) is 4.56. The summed E-state index contributed by atoms with van der Waals surface area (Å²) in [5.41, 5.74) is 3.56. The van der Waals surface area contributed by atoms with Crippen molar-refractivity contribution in [3.05, 3.63) is 29.8 Å². The summed E-state index contributed by atoms with van der Waals surface area (Å²) in [6, 6.07) is 7.60. The van der Waals surface area contributed by atoms with Crippen LogP contribution in [-0.2, 0) is 0 Å². The van der Waals surface area contributed by atoms with Gasteiger partial charge in [0.2, 0.25) is 0 Å². The standard InChI is InChI=1S/C10H13N3OS/c1-11-10(15)13-12-7-8-5-3-4-6-9(8)14-2/h3-7H,1-2H3,(H2,11,13,15)/b12-7+. The van der Waals surface area contributed by atoms with E-state index >= 15 is 0 Å². The van der Waals surface area contributed by atoms with Crippen LogP contribution in [0.3, 0.4) is 0 Å². The van der Waals surface area contributed by atoms with Crippen LogP contribution in [0.25, 0.3) is 0 Å². The van der Waals surface area contributed by atoms with E-state index in [0.717, 1.165) is 11.3 Å². The first kappa shape index (κ1) is 11.5. The lowest BCUT2D eigenvalue weighted by Crippen LogP contribution is -2.28. The minimum Gasteiger partial charge on any atom is -0.496 e. The molecule has 2 N–H and O–H groups in total. The van der Waals surface area contributed by atoms with E-state index in [1.54, 1.807) is 20.4 Å². The zero-order valence-electron chi connectivity index (χ0n) is 8.65. The van der Waals surface area contributed by atoms with Gasteiger partial charge in [0.1, 0.15) is 5.75 Å². The number of benzene rings is 1. The van der Waals surface area contributed by atoms with Gasteiger partial charge < -0.3 is 10.1 Å². The summed E-state index contributed by atoms with van der Waals surface area (Å²) in [7, 11) is 3.35. The molecule has 0 aromatic heterocycles. The monoisotopic (exact) mass is 223 g/mol. The van der Waals surface area contributed by atoms with Gasteiger partial charge in [-0.25, -0.2) is 0 Å². The van der Waals surface area contributed by atoms with Crippen LogP contribution in [0.5, 0.6) is 5.75 Å². The van der Waals surface area contributed by atoms with Gasteiger partial charge in [-0.1, -0.05) is 12.1 Å². The Morgan fingerprint density at radius 3 is 2.87 bits per heavy atom. The molecular weight excluding hydrogens is 210 g/mol. The maximum atomic E-state index is 5.16. The third kappa shape index (κ3) is 3.55. The Morgan fingerprint density at radius 2 is 2.20 bits per heavy atom. The van der Waals surface area contributed by atoms with Crippen molar-refractivity contribution >= 4 is 23.5 Å². The number of nitrogens with one attached hydrogen (secondary N) is 2. The Labute approximate surface area is 94.3 Å². The van der Waals surface area contributed by atoms with E-state index in [1.165, 1.54) is 0 Å². The number of nitrogens with zero attached hydrogens (tertiary/aromatic N) is 1. The van der Waals surface area contributed by atoms with Gasteiger partial charge in [0.25, 0.3) is 0 Å². The molecule has 0 heterocycles. The molecule has 4 nitrogen and oxygen atoms in total. The van der Waals surface area contributed by atoms with Crippen LogP contribution in [0.1, 0.15) is 5.56 Å². The van der Waals surface area contributed by atoms with E-state index in [0.29, 0.717) is 5.11 Å². The van der Waals surface area contributed by atoms with E-state index in [2.05, 4.69) is 15.8 Å². The first-order valence-electron chi connectivity index (χ1n) is 4.41. The van der Waals surface area contributed by atoms with Crippen molar-refractivity contribution in [3.8, 4) is 5.75 Å². The fourth-order valence-electron chi connectivity index (χ4n) is 0.989. The fraction of sp³-hybridized carbons (Fsp3) is 0.200. The Hall–Kier alpha value is -1.62. The molecule has 0 atom stereocenters. The molecule has 0 aliphatic rings. The third-order valence-corrected chi connectivity index (χ3v) is 2.03. The Morgan fingerprint density at radius 1 is 1.47 bits per heavy atom. The smallest absolute Gasteiger partial charge is 0.186 e. The molecule has 0 aliphatic heterocycles. The minimum absolute atomic E-state index is 0.473. The maximum absolute atomic E-state index is 5.16. The van der Waals surface area contributed by atoms with Crippen LogP contribution >= 0.6 is 12.2 Å². The Balaban J connectivity index is 2.67. The number of rotatable bonds is 3. The Bertz CT molecular complexity index is 365. The molecule has 5 heteroatoms. The first-order chi connectivity index (χ1) is 7.27. The predicted molar refractivity (Wildman–Crippen MR) is 65.4 cm³/mol. The molecule has 1 rings (SSSR count). The molecule has 1 aromatic carbocycles. The molecule has 0 bridgehead atoms. The van der Waals surface area contributed by atoms with Crippen molar-refractivity contribution in [1.29, 1.82) is 0 Å². The number of thiocarbonyl (C=S) groups is 1. The molecule has 0 amide bonds. The van der Waals surface area contributed by atoms with Crippen molar-refractivity contribution in [1.82, 2.24) is 10.7 Å². The third-order valence-electron chi connectivity index (χ3n) is 1.74. The average molecular weight is 223 g/mol. The van der Waals surface area contributed by atoms with Crippen LogP contribution in [0.15, 0.2) is 29.4 Å². The molecular formula is C10H13N3OS. The van der Waals surface area contributed by atoms with E-state index < -0.39 is 0 Å². The van der Waals surface area contributed by atoms with Crippen LogP contribution in [0.4, 0.5) is 0 Å². The van der Waals surface area contributed by atoms with Crippen molar-refractivity contribution < 1.29 is 4.74 Å². The summed E-state index contributed by atoms with van der Waals surface area (Å²) in [5, 5.41) is 7.19. The maximum Gasteiger partial charge on any atom is 0.186 e. The zero-order valence-corrected chi connectivity index (χ0v) is 9.47. The predicted octanol–water partition coefficient (Wildman–Crippen LogP) is 1.12. The number of hydrazone groups is 1. The minimum atomic E-state index is 0.473. The second-order valence-electron chi connectivity index (χ2n) is 2.69. The highest BCUT2D eigenvalue weighted by molar-refractivity contribution is 7.80. The van der Waals surface area contributed by atoms with Crippen LogP contribution in [0.2, 0.25) is 0 Å². The van der Waals surface area contributed by atoms with E-state index in [9.17, 15) is 0 Å². The van der Waals surface area contributed by atoms with E-state index in [1.807, 2.05) is 24.3 Å². The summed E-state index contributed by atoms with van der Waals surface area (Å²) >= 11 is 4.86. The average Bonchev–Trinajstić information content (AvgIpc) is 2.29. The van der Waals surface area contributed by atoms with Crippen molar-refractivity contribution in [3.63, 3.8) is 0 Å². The molecule has 80 valence electrons. The van der Waals surface area contributed by atoms with Gasteiger partial charge in [0.05, 0.1) is 13.3 Å². The SMILES string of the molecule is CNC(=S)N/N=C/c1ccccc1OC. The molecule has 0 radical (unpaired) electrons. The lowest BCUT2D eigenvalue weighted by Gasteiger charge is -2.03. The van der Waals surface area contributed by atoms with Crippen molar-refractivity contribution in [2.24, 2.45) is 5.10 Å². The van der Waals surface area contributed by atoms with Crippen molar-refractivity contribution in [2.75, 3.05) is 14.2 Å². The number of hydrogen-bond donors (Lipinski definition) is 2. The highest BCUT2D eigenvalue weighted by atomic mass is 32.1. The number of hydrogen-bond acceptors (Lipinski definition) is 3. The van der Waals surface area contributed by atoms with Crippen LogP contribution in [-0.4, -0.2) is 25.5 Å². The summed E-state index contributed by atoms with van der Waals surface area (Å²) in [6.45, 7) is 0. The second kappa shape index (κ2) is 5.98. The molecule has 15 heavy (non-hydrogen) atoms. The number of ether oxygens (including phenoxy) is 1. The summed E-state index contributed by atoms with van der Waals surface area (Å²) < 4.78 is 5.16. The first-order valence-corrected chi connectivity index (χ1v) is 4.82. The van der Waals surface area contributed by atoms with Gasteiger partial charge in [0.15, 0.2) is 5.11 Å². The quantitative estimate of drug-likeness (QED) is 0.458. The lowest BCUT2D eigenvalue weighted by molar-refractivity contribution is 0.414. The summed E-state index contributed by atoms with van der Waals surface area (Å²) in [6.07, 6.45) is 1.66. The molecule has 1 aromatic rings. The van der Waals surface area contributed by atoms with Gasteiger partial charge in [-0.05, 0) is 24.4 Å². The van der Waals surface area contributed by atoms with Gasteiger partial charge >= 0.3 is 0 Å². The van der Waals surface area contributed by atoms with Crippen LogP contribution < -0.4 is 15.5 Å². The van der Waals surface area contributed by atoms with Gasteiger partial charge in [-0.3, -0.25) is 5.43 Å². The lowest BCUT2D eigenvalue weighted by atomic mass is 10.2. The second-order valence-corrected chi connectivity index (χ2v) is 3.10. The molecule has 0 unspecified atom stereocenters. The molecule has 0 saturated carbocycles. The highest BCUT2D eigenvalue weighted by Crippen LogP contribution is 2.14.